The summed E-state index contributed by atoms with van der Waals surface area (Å²) in [7, 11) is 0. The topological polar surface area (TPSA) is 72.7 Å². The van der Waals surface area contributed by atoms with E-state index in [1.54, 1.807) is 42.7 Å². The summed E-state index contributed by atoms with van der Waals surface area (Å²) in [4.78, 5) is 20.3. The molecule has 2 heterocycles. The van der Waals surface area contributed by atoms with Gasteiger partial charge in [-0.15, -0.1) is 0 Å². The van der Waals surface area contributed by atoms with Crippen LogP contribution in [0.5, 0.6) is 0 Å². The number of amides is 1. The van der Waals surface area contributed by atoms with Gasteiger partial charge < -0.3 is 5.32 Å². The average Bonchev–Trinajstić information content (AvgIpc) is 3.02. The maximum atomic E-state index is 12.1. The molecule has 0 aliphatic carbocycles. The van der Waals surface area contributed by atoms with Crippen molar-refractivity contribution in [3.8, 4) is 5.95 Å². The van der Waals surface area contributed by atoms with Crippen molar-refractivity contribution < 1.29 is 4.79 Å². The standard InChI is InChI=1S/C14H10ClN5O/c15-12-5-2-1-4-11(12)13(21)19-10-8-16-14(17-9-10)20-7-3-6-18-20/h1-9H,(H,19,21). The van der Waals surface area contributed by atoms with Crippen molar-refractivity contribution in [1.82, 2.24) is 19.7 Å². The van der Waals surface area contributed by atoms with Crippen LogP contribution in [-0.4, -0.2) is 25.7 Å². The number of halogens is 1. The number of rotatable bonds is 3. The van der Waals surface area contributed by atoms with E-state index in [9.17, 15) is 4.79 Å². The van der Waals surface area contributed by atoms with Crippen molar-refractivity contribution in [2.45, 2.75) is 0 Å². The maximum absolute atomic E-state index is 12.1. The van der Waals surface area contributed by atoms with Gasteiger partial charge in [0.05, 0.1) is 28.7 Å². The van der Waals surface area contributed by atoms with E-state index >= 15 is 0 Å². The summed E-state index contributed by atoms with van der Waals surface area (Å²) >= 11 is 5.97. The number of anilines is 1. The minimum atomic E-state index is -0.309. The molecule has 0 bridgehead atoms. The minimum absolute atomic E-state index is 0.309. The highest BCUT2D eigenvalue weighted by molar-refractivity contribution is 6.34. The molecule has 7 heteroatoms. The lowest BCUT2D eigenvalue weighted by molar-refractivity contribution is 0.102. The largest absolute Gasteiger partial charge is 0.319 e. The normalized spacial score (nSPS) is 10.3. The number of hydrogen-bond acceptors (Lipinski definition) is 4. The Balaban J connectivity index is 1.77. The van der Waals surface area contributed by atoms with Gasteiger partial charge in [0, 0.05) is 12.4 Å². The van der Waals surface area contributed by atoms with Gasteiger partial charge >= 0.3 is 0 Å². The second-order valence-corrected chi connectivity index (χ2v) is 4.56. The fraction of sp³-hybridized carbons (Fsp3) is 0. The predicted octanol–water partition coefficient (Wildman–Crippen LogP) is 2.57. The van der Waals surface area contributed by atoms with Crippen molar-refractivity contribution in [2.24, 2.45) is 0 Å². The summed E-state index contributed by atoms with van der Waals surface area (Å²) < 4.78 is 1.53. The van der Waals surface area contributed by atoms with Gasteiger partial charge in [0.1, 0.15) is 0 Å². The first kappa shape index (κ1) is 13.3. The fourth-order valence-electron chi connectivity index (χ4n) is 1.73. The first-order chi connectivity index (χ1) is 10.2. The smallest absolute Gasteiger partial charge is 0.257 e. The third-order valence-electron chi connectivity index (χ3n) is 2.72. The van der Waals surface area contributed by atoms with E-state index in [-0.39, 0.29) is 5.91 Å². The van der Waals surface area contributed by atoms with Crippen LogP contribution in [0.1, 0.15) is 10.4 Å². The van der Waals surface area contributed by atoms with Gasteiger partial charge in [0.25, 0.3) is 11.9 Å². The molecule has 6 nitrogen and oxygen atoms in total. The Kier molecular flexibility index (Phi) is 3.61. The number of hydrogen-bond donors (Lipinski definition) is 1. The molecule has 1 aromatic carbocycles. The molecular weight excluding hydrogens is 290 g/mol. The Labute approximate surface area is 125 Å². The van der Waals surface area contributed by atoms with Gasteiger partial charge in [-0.25, -0.2) is 14.6 Å². The van der Waals surface area contributed by atoms with Crippen LogP contribution in [0.15, 0.2) is 55.1 Å². The first-order valence-electron chi connectivity index (χ1n) is 6.12. The van der Waals surface area contributed by atoms with Crippen molar-refractivity contribution >= 4 is 23.2 Å². The van der Waals surface area contributed by atoms with Crippen molar-refractivity contribution in [1.29, 1.82) is 0 Å². The number of nitrogens with one attached hydrogen (secondary N) is 1. The second kappa shape index (κ2) is 5.72. The molecule has 2 aromatic heterocycles. The summed E-state index contributed by atoms with van der Waals surface area (Å²) in [6, 6.07) is 8.60. The van der Waals surface area contributed by atoms with E-state index in [0.29, 0.717) is 22.2 Å². The third kappa shape index (κ3) is 2.90. The van der Waals surface area contributed by atoms with Crippen LogP contribution < -0.4 is 5.32 Å². The lowest BCUT2D eigenvalue weighted by Crippen LogP contribution is -2.13. The van der Waals surface area contributed by atoms with Crippen molar-refractivity contribution in [3.63, 3.8) is 0 Å². The second-order valence-electron chi connectivity index (χ2n) is 4.16. The van der Waals surface area contributed by atoms with Crippen LogP contribution in [0.4, 0.5) is 5.69 Å². The summed E-state index contributed by atoms with van der Waals surface area (Å²) in [5.41, 5.74) is 0.881. The van der Waals surface area contributed by atoms with Gasteiger partial charge in [-0.2, -0.15) is 5.10 Å². The van der Waals surface area contributed by atoms with E-state index in [0.717, 1.165) is 0 Å². The molecular formula is C14H10ClN5O. The maximum Gasteiger partial charge on any atom is 0.257 e. The molecule has 0 aliphatic heterocycles. The summed E-state index contributed by atoms with van der Waals surface area (Å²) in [6.45, 7) is 0. The summed E-state index contributed by atoms with van der Waals surface area (Å²) in [5, 5.41) is 7.11. The highest BCUT2D eigenvalue weighted by Gasteiger charge is 2.10. The Morgan fingerprint density at radius 1 is 1.14 bits per heavy atom. The first-order valence-corrected chi connectivity index (χ1v) is 6.50. The van der Waals surface area contributed by atoms with Crippen LogP contribution in [0.2, 0.25) is 5.02 Å². The Morgan fingerprint density at radius 3 is 2.57 bits per heavy atom. The number of aromatic nitrogens is 4. The highest BCUT2D eigenvalue weighted by atomic mass is 35.5. The Bertz CT molecular complexity index is 755. The molecule has 0 fully saturated rings. The van der Waals surface area contributed by atoms with Crippen molar-refractivity contribution in [3.05, 3.63) is 65.7 Å². The van der Waals surface area contributed by atoms with E-state index in [1.165, 1.54) is 17.1 Å². The molecule has 0 spiro atoms. The quantitative estimate of drug-likeness (QED) is 0.806. The van der Waals surface area contributed by atoms with E-state index < -0.39 is 0 Å². The van der Waals surface area contributed by atoms with Crippen LogP contribution in [-0.2, 0) is 0 Å². The van der Waals surface area contributed by atoms with Crippen molar-refractivity contribution in [2.75, 3.05) is 5.32 Å². The molecule has 3 rings (SSSR count). The lowest BCUT2D eigenvalue weighted by Gasteiger charge is -2.06. The molecule has 0 saturated carbocycles. The molecule has 1 N–H and O–H groups in total. The third-order valence-corrected chi connectivity index (χ3v) is 3.05. The molecule has 21 heavy (non-hydrogen) atoms. The number of benzene rings is 1. The summed E-state index contributed by atoms with van der Waals surface area (Å²) in [5.74, 6) is 0.117. The zero-order chi connectivity index (χ0) is 14.7. The fourth-order valence-corrected chi connectivity index (χ4v) is 1.96. The van der Waals surface area contributed by atoms with E-state index in [2.05, 4.69) is 20.4 Å². The zero-order valence-electron chi connectivity index (χ0n) is 10.8. The monoisotopic (exact) mass is 299 g/mol. The molecule has 0 radical (unpaired) electrons. The van der Waals surface area contributed by atoms with Gasteiger partial charge in [0.2, 0.25) is 0 Å². The van der Waals surface area contributed by atoms with Crippen LogP contribution in [0.25, 0.3) is 5.95 Å². The van der Waals surface area contributed by atoms with Gasteiger partial charge in [0.15, 0.2) is 0 Å². The molecule has 104 valence electrons. The average molecular weight is 300 g/mol. The molecule has 0 saturated heterocycles. The molecule has 0 unspecified atom stereocenters. The van der Waals surface area contributed by atoms with E-state index in [1.807, 2.05) is 0 Å². The molecule has 0 atom stereocenters. The van der Waals surface area contributed by atoms with Gasteiger partial charge in [-0.3, -0.25) is 4.79 Å². The van der Waals surface area contributed by atoms with Gasteiger partial charge in [-0.1, -0.05) is 23.7 Å². The number of carbonyl (C=O) groups is 1. The van der Waals surface area contributed by atoms with Gasteiger partial charge in [-0.05, 0) is 18.2 Å². The molecule has 3 aromatic rings. The Hall–Kier alpha value is -2.73. The zero-order valence-corrected chi connectivity index (χ0v) is 11.5. The lowest BCUT2D eigenvalue weighted by atomic mass is 10.2. The molecule has 0 aliphatic rings. The van der Waals surface area contributed by atoms with Crippen LogP contribution in [0, 0.1) is 0 Å². The Morgan fingerprint density at radius 2 is 1.90 bits per heavy atom. The van der Waals surface area contributed by atoms with Crippen LogP contribution in [0.3, 0.4) is 0 Å². The predicted molar refractivity (Wildman–Crippen MR) is 78.6 cm³/mol. The number of carbonyl (C=O) groups excluding carboxylic acids is 1. The minimum Gasteiger partial charge on any atom is -0.319 e. The number of nitrogens with zero attached hydrogens (tertiary/aromatic N) is 4. The highest BCUT2D eigenvalue weighted by Crippen LogP contribution is 2.16. The SMILES string of the molecule is O=C(Nc1cnc(-n2cccn2)nc1)c1ccccc1Cl. The van der Waals surface area contributed by atoms with Crippen LogP contribution >= 0.6 is 11.6 Å². The van der Waals surface area contributed by atoms with E-state index in [4.69, 9.17) is 11.6 Å². The summed E-state index contributed by atoms with van der Waals surface area (Å²) in [6.07, 6.45) is 6.39. The molecule has 1 amide bonds.